The van der Waals surface area contributed by atoms with Gasteiger partial charge in [-0.1, -0.05) is 0 Å². The summed E-state index contributed by atoms with van der Waals surface area (Å²) in [4.78, 5) is 128. The number of hydrogen-bond donors (Lipinski definition) is 3. The molecule has 12 N–H and O–H groups in total. The van der Waals surface area contributed by atoms with Crippen LogP contribution in [0.1, 0.15) is 0 Å². The zero-order valence-electron chi connectivity index (χ0n) is 14.9. The fourth-order valence-corrected chi connectivity index (χ4v) is 0. The van der Waals surface area contributed by atoms with Crippen molar-refractivity contribution < 1.29 is 175 Å². The molecule has 0 aliphatic heterocycles. The summed E-state index contributed by atoms with van der Waals surface area (Å²) in [5.74, 6) is 0. The van der Waals surface area contributed by atoms with Crippen molar-refractivity contribution >= 4 is 39.1 Å². The summed E-state index contributed by atoms with van der Waals surface area (Å²) in [6.07, 6.45) is 0. The molecule has 0 aliphatic rings. The van der Waals surface area contributed by atoms with Crippen molar-refractivity contribution in [3.05, 3.63) is 0 Å². The Hall–Kier alpha value is 3.08. The van der Waals surface area contributed by atoms with Crippen LogP contribution < -0.4 is 91.9 Å². The molecule has 0 radical (unpaired) electrons. The average Bonchev–Trinajstić information content (AvgIpc) is 1.79. The third kappa shape index (κ3) is 3370. The van der Waals surface area contributed by atoms with Gasteiger partial charge in [-0.3, -0.25) is 0 Å². The van der Waals surface area contributed by atoms with Crippen LogP contribution >= 0.6 is 39.1 Å². The van der Waals surface area contributed by atoms with E-state index in [1.807, 2.05) is 0 Å². The van der Waals surface area contributed by atoms with Crippen LogP contribution in [0.15, 0.2) is 0 Å². The summed E-state index contributed by atoms with van der Waals surface area (Å²) in [5, 5.41) is 0. The zero-order chi connectivity index (χ0) is 22.5. The molecule has 0 unspecified atom stereocenters. The minimum atomic E-state index is -5.39. The van der Waals surface area contributed by atoms with Crippen molar-refractivity contribution in [3.8, 4) is 0 Å². The average molecular weight is 803 g/mol. The van der Waals surface area contributed by atoms with Gasteiger partial charge in [0, 0.05) is 0 Å². The van der Waals surface area contributed by atoms with Crippen molar-refractivity contribution in [2.75, 3.05) is 0 Å². The molecule has 0 aliphatic carbocycles. The van der Waals surface area contributed by atoms with Gasteiger partial charge in [-0.2, -0.15) is 39.1 Å². The molecule has 0 spiro atoms. The fraction of sp³-hybridized carbons (Fsp3) is 0. The quantitative estimate of drug-likeness (QED) is 0.191. The van der Waals surface area contributed by atoms with Gasteiger partial charge in [0.1, 0.15) is 0 Å². The number of rotatable bonds is 0. The van der Waals surface area contributed by atoms with Crippen LogP contribution in [0.3, 0.4) is 0 Å². The molecule has 184 valence electrons. The summed E-state index contributed by atoms with van der Waals surface area (Å²) in [6, 6.07) is 0. The smallest absolute Gasteiger partial charge is 0.822 e. The van der Waals surface area contributed by atoms with Crippen molar-refractivity contribution in [2.45, 2.75) is 0 Å². The zero-order valence-corrected chi connectivity index (χ0v) is 26.7. The van der Waals surface area contributed by atoms with Crippen LogP contribution in [0.25, 0.3) is 0 Å². The topological polar surface area (TPSA) is 541 Å². The molecule has 31 heteroatoms. The molecule has 0 aromatic carbocycles. The Bertz CT molecular complexity index is 393. The maximum Gasteiger partial charge on any atom is 4.00 e. The van der Waals surface area contributed by atoms with Crippen LogP contribution in [-0.4, -0.2) is 0 Å². The molecule has 0 fully saturated rings. The van der Waals surface area contributed by atoms with Crippen LogP contribution in [0.5, 0.6) is 0 Å². The molecular weight excluding hydrogens is 791 g/mol. The van der Waals surface area contributed by atoms with E-state index in [0.29, 0.717) is 0 Å². The van der Waals surface area contributed by atoms with Crippen molar-refractivity contribution in [1.82, 2.24) is 18.5 Å². The molecule has 0 amide bonds. The van der Waals surface area contributed by atoms with Gasteiger partial charge in [-0.05, 0) is 0 Å². The van der Waals surface area contributed by atoms with Gasteiger partial charge in [0.05, 0.1) is 0 Å². The molecule has 23 nitrogen and oxygen atoms in total. The second-order valence-electron chi connectivity index (χ2n) is 2.24. The van der Waals surface area contributed by atoms with Gasteiger partial charge in [0.2, 0.25) is 0 Å². The monoisotopic (exact) mass is 799 g/mol. The van der Waals surface area contributed by atoms with Crippen LogP contribution in [0.4, 0.5) is 0 Å². The minimum absolute atomic E-state index is 0. The Kier molecular flexibility index (Phi) is 70.3. The first kappa shape index (κ1) is 70.0. The van der Waals surface area contributed by atoms with Gasteiger partial charge in [-0.15, -0.1) is 0 Å². The van der Waals surface area contributed by atoms with Crippen LogP contribution in [0.2, 0.25) is 0 Å². The molecule has 31 heavy (non-hydrogen) atoms. The first-order valence-electron chi connectivity index (χ1n) is 3.65. The molecule has 0 aromatic rings. The maximum absolute atomic E-state index is 8.55. The van der Waals surface area contributed by atoms with Gasteiger partial charge in [0.25, 0.3) is 0 Å². The maximum atomic E-state index is 8.55. The predicted molar refractivity (Wildman–Crippen MR) is 56.0 cm³/mol. The molecule has 0 bridgehead atoms. The van der Waals surface area contributed by atoms with Gasteiger partial charge in [-0.25, -0.2) is 0 Å². The predicted octanol–water partition coefficient (Wildman–Crippen LogP) is -13.0. The Morgan fingerprint density at radius 2 is 0.258 bits per heavy atom. The second kappa shape index (κ2) is 31.1. The van der Waals surface area contributed by atoms with E-state index in [-0.39, 0.29) is 97.1 Å². The largest absolute Gasteiger partial charge is 4.00 e. The summed E-state index contributed by atoms with van der Waals surface area (Å²) in [7, 11) is -26.9. The minimum Gasteiger partial charge on any atom is -0.822 e. The Morgan fingerprint density at radius 3 is 0.258 bits per heavy atom. The fourth-order valence-electron chi connectivity index (χ4n) is 0. The van der Waals surface area contributed by atoms with E-state index >= 15 is 0 Å². The van der Waals surface area contributed by atoms with Gasteiger partial charge < -0.3 is 115 Å². The van der Waals surface area contributed by atoms with Crippen molar-refractivity contribution in [2.24, 2.45) is 0 Å². The normalized spacial score (nSPS) is 9.52. The summed E-state index contributed by atoms with van der Waals surface area (Å²) >= 11 is 0. The SMILES string of the molecule is O=P([O-])([O-])[O-].O=P([O-])([O-])[O-].O=P([O-])([O-])[O-].O=P([O-])([O-])[O-].O=P([O-])([O-])[O-].[NH4+].[NH4+].[NH4+].[Zr+4].[Zr+4].[Zr+4]. The molecule has 0 aromatic heterocycles. The molecule has 0 atom stereocenters. The van der Waals surface area contributed by atoms with Crippen LogP contribution in [-0.2, 0) is 101 Å². The van der Waals surface area contributed by atoms with E-state index < -0.39 is 39.1 Å². The molecule has 0 saturated carbocycles. The summed E-state index contributed by atoms with van der Waals surface area (Å²) in [6.45, 7) is 0. The number of hydrogen-bond acceptors (Lipinski definition) is 20. The number of quaternary nitrogens is 3. The Balaban J connectivity index is -0.0000000171. The third-order valence-corrected chi connectivity index (χ3v) is 0. The molecule has 0 rings (SSSR count). The third-order valence-electron chi connectivity index (χ3n) is 0. The van der Waals surface area contributed by atoms with E-state index in [0.717, 1.165) is 0 Å². The molecule has 0 saturated heterocycles. The van der Waals surface area contributed by atoms with E-state index in [9.17, 15) is 0 Å². The molecule has 0 heterocycles. The first-order valence-corrected chi connectivity index (χ1v) is 11.0. The second-order valence-corrected chi connectivity index (χ2v) is 6.71. The van der Waals surface area contributed by atoms with Gasteiger partial charge in [0.15, 0.2) is 0 Å². The van der Waals surface area contributed by atoms with E-state index in [1.54, 1.807) is 0 Å². The van der Waals surface area contributed by atoms with E-state index in [4.69, 9.17) is 96.2 Å². The number of phosphoric acid groups is 5. The standard InChI is InChI=1S/3H3N.5H3O4P.3Zr/c;;;5*1-5(2,3)4;;;/h3*1H3;5*(H3,1,2,3,4);;;/q;;;;;;;;3*+4/p-12. The first-order chi connectivity index (χ1) is 10.0. The Morgan fingerprint density at radius 1 is 0.258 bits per heavy atom. The molecular formula is H12N3O20P5Zr3. The van der Waals surface area contributed by atoms with Crippen LogP contribution in [0, 0.1) is 0 Å². The van der Waals surface area contributed by atoms with Gasteiger partial charge >= 0.3 is 78.6 Å². The summed E-state index contributed by atoms with van der Waals surface area (Å²) in [5.41, 5.74) is 0. The Labute approximate surface area is 230 Å². The van der Waals surface area contributed by atoms with Crippen molar-refractivity contribution in [1.29, 1.82) is 0 Å². The summed E-state index contributed by atoms with van der Waals surface area (Å²) < 4.78 is 42.7. The van der Waals surface area contributed by atoms with E-state index in [2.05, 4.69) is 0 Å². The van der Waals surface area contributed by atoms with E-state index in [1.165, 1.54) is 0 Å². The van der Waals surface area contributed by atoms with Crippen molar-refractivity contribution in [3.63, 3.8) is 0 Å².